The summed E-state index contributed by atoms with van der Waals surface area (Å²) in [5.41, 5.74) is 1.36. The summed E-state index contributed by atoms with van der Waals surface area (Å²) in [7, 11) is 0. The molecule has 2 heteroatoms. The normalized spacial score (nSPS) is 11.1. The topological polar surface area (TPSA) is 18.5 Å². The van der Waals surface area contributed by atoms with E-state index >= 15 is 0 Å². The van der Waals surface area contributed by atoms with Crippen LogP contribution in [0.4, 0.5) is 0 Å². The number of unbranched alkanes of at least 4 members (excludes halogenated alkanes) is 1. The van der Waals surface area contributed by atoms with E-state index in [0.29, 0.717) is 13.2 Å². The predicted molar refractivity (Wildman–Crippen MR) is 102 cm³/mol. The molecule has 0 aromatic heterocycles. The van der Waals surface area contributed by atoms with Crippen LogP contribution < -0.4 is 9.47 Å². The molecule has 3 aromatic rings. The first-order valence-corrected chi connectivity index (χ1v) is 9.03. The molecule has 0 fully saturated rings. The molecule has 0 aliphatic rings. The van der Waals surface area contributed by atoms with Crippen LogP contribution in [0.15, 0.2) is 42.5 Å². The van der Waals surface area contributed by atoms with Gasteiger partial charge in [0.25, 0.3) is 0 Å². The third kappa shape index (κ3) is 3.06. The third-order valence-corrected chi connectivity index (χ3v) is 4.39. The van der Waals surface area contributed by atoms with Crippen molar-refractivity contribution in [1.29, 1.82) is 0 Å². The van der Waals surface area contributed by atoms with Gasteiger partial charge in [-0.1, -0.05) is 49.7 Å². The lowest BCUT2D eigenvalue weighted by Crippen LogP contribution is -1.99. The monoisotopic (exact) mass is 322 g/mol. The van der Waals surface area contributed by atoms with Gasteiger partial charge in [0.05, 0.1) is 13.2 Å². The standard InChI is InChI=1S/C22H26O2/c1-4-7-10-16-13-14-19-20(15-16)22(24-6-3)18-12-9-8-11-17(18)21(19)23-5-2/h8-9,11-15H,4-7,10H2,1-3H3. The quantitative estimate of drug-likeness (QED) is 0.487. The highest BCUT2D eigenvalue weighted by Gasteiger charge is 2.16. The number of fused-ring (bicyclic) bond motifs is 2. The zero-order valence-corrected chi connectivity index (χ0v) is 14.9. The van der Waals surface area contributed by atoms with Crippen LogP contribution >= 0.6 is 0 Å². The van der Waals surface area contributed by atoms with Gasteiger partial charge in [-0.15, -0.1) is 0 Å². The highest BCUT2D eigenvalue weighted by Crippen LogP contribution is 2.43. The van der Waals surface area contributed by atoms with Crippen molar-refractivity contribution in [3.8, 4) is 11.5 Å². The van der Waals surface area contributed by atoms with Crippen molar-refractivity contribution < 1.29 is 9.47 Å². The van der Waals surface area contributed by atoms with E-state index in [-0.39, 0.29) is 0 Å². The summed E-state index contributed by atoms with van der Waals surface area (Å²) in [4.78, 5) is 0. The van der Waals surface area contributed by atoms with E-state index in [0.717, 1.165) is 39.5 Å². The summed E-state index contributed by atoms with van der Waals surface area (Å²) < 4.78 is 12.1. The summed E-state index contributed by atoms with van der Waals surface area (Å²) in [6.45, 7) is 7.62. The highest BCUT2D eigenvalue weighted by molar-refractivity contribution is 6.11. The first kappa shape index (κ1) is 16.6. The Morgan fingerprint density at radius 3 is 1.88 bits per heavy atom. The van der Waals surface area contributed by atoms with Gasteiger partial charge in [-0.3, -0.25) is 0 Å². The van der Waals surface area contributed by atoms with Crippen molar-refractivity contribution in [2.45, 2.75) is 40.0 Å². The molecule has 0 bridgehead atoms. The maximum Gasteiger partial charge on any atom is 0.135 e. The van der Waals surface area contributed by atoms with Crippen molar-refractivity contribution in [2.75, 3.05) is 13.2 Å². The zero-order chi connectivity index (χ0) is 16.9. The van der Waals surface area contributed by atoms with Crippen LogP contribution in [0.3, 0.4) is 0 Å². The molecule has 0 spiro atoms. The average molecular weight is 322 g/mol. The van der Waals surface area contributed by atoms with Crippen LogP contribution in [0, 0.1) is 0 Å². The van der Waals surface area contributed by atoms with Crippen LogP contribution in [0.5, 0.6) is 11.5 Å². The van der Waals surface area contributed by atoms with Crippen molar-refractivity contribution >= 4 is 21.5 Å². The maximum absolute atomic E-state index is 6.07. The minimum Gasteiger partial charge on any atom is -0.493 e. The van der Waals surface area contributed by atoms with Gasteiger partial charge in [0.1, 0.15) is 11.5 Å². The molecule has 0 amide bonds. The van der Waals surface area contributed by atoms with Gasteiger partial charge >= 0.3 is 0 Å². The fraction of sp³-hybridized carbons (Fsp3) is 0.364. The Labute approximate surface area is 144 Å². The second-order valence-electron chi connectivity index (χ2n) is 6.05. The molecule has 0 radical (unpaired) electrons. The largest absolute Gasteiger partial charge is 0.493 e. The SMILES string of the molecule is CCCCc1ccc2c(OCC)c3ccccc3c(OCC)c2c1. The molecule has 24 heavy (non-hydrogen) atoms. The Morgan fingerprint density at radius 1 is 0.708 bits per heavy atom. The van der Waals surface area contributed by atoms with Gasteiger partial charge in [0.15, 0.2) is 0 Å². The Hall–Kier alpha value is -2.22. The predicted octanol–water partition coefficient (Wildman–Crippen LogP) is 6.13. The number of hydrogen-bond donors (Lipinski definition) is 0. The minimum atomic E-state index is 0.657. The molecule has 0 saturated heterocycles. The number of aryl methyl sites for hydroxylation is 1. The molecule has 0 heterocycles. The van der Waals surface area contributed by atoms with Crippen LogP contribution in [-0.2, 0) is 6.42 Å². The van der Waals surface area contributed by atoms with E-state index in [1.54, 1.807) is 0 Å². The maximum atomic E-state index is 6.07. The summed E-state index contributed by atoms with van der Waals surface area (Å²) in [6, 6.07) is 15.1. The molecule has 3 aromatic carbocycles. The number of ether oxygens (including phenoxy) is 2. The van der Waals surface area contributed by atoms with Crippen LogP contribution in [0.25, 0.3) is 21.5 Å². The molecule has 0 unspecified atom stereocenters. The fourth-order valence-electron chi connectivity index (χ4n) is 3.28. The number of rotatable bonds is 7. The van der Waals surface area contributed by atoms with E-state index in [2.05, 4.69) is 49.4 Å². The lowest BCUT2D eigenvalue weighted by Gasteiger charge is -2.17. The molecular weight excluding hydrogens is 296 g/mol. The van der Waals surface area contributed by atoms with E-state index in [4.69, 9.17) is 9.47 Å². The third-order valence-electron chi connectivity index (χ3n) is 4.39. The smallest absolute Gasteiger partial charge is 0.135 e. The minimum absolute atomic E-state index is 0.657. The Kier molecular flexibility index (Phi) is 5.24. The van der Waals surface area contributed by atoms with Crippen LogP contribution in [0.1, 0.15) is 39.2 Å². The van der Waals surface area contributed by atoms with Crippen LogP contribution in [0.2, 0.25) is 0 Å². The van der Waals surface area contributed by atoms with E-state index in [1.807, 2.05) is 13.8 Å². The second-order valence-corrected chi connectivity index (χ2v) is 6.05. The molecule has 0 aliphatic carbocycles. The van der Waals surface area contributed by atoms with E-state index < -0.39 is 0 Å². The molecule has 0 aliphatic heterocycles. The molecule has 2 nitrogen and oxygen atoms in total. The zero-order valence-electron chi connectivity index (χ0n) is 14.9. The lowest BCUT2D eigenvalue weighted by atomic mass is 9.97. The summed E-state index contributed by atoms with van der Waals surface area (Å²) in [5.74, 6) is 1.94. The number of hydrogen-bond acceptors (Lipinski definition) is 2. The van der Waals surface area contributed by atoms with E-state index in [1.165, 1.54) is 18.4 Å². The van der Waals surface area contributed by atoms with Crippen molar-refractivity contribution in [2.24, 2.45) is 0 Å². The van der Waals surface area contributed by atoms with Crippen LogP contribution in [-0.4, -0.2) is 13.2 Å². The van der Waals surface area contributed by atoms with Crippen molar-refractivity contribution in [1.82, 2.24) is 0 Å². The van der Waals surface area contributed by atoms with Gasteiger partial charge < -0.3 is 9.47 Å². The number of benzene rings is 3. The Bertz CT molecular complexity index is 836. The van der Waals surface area contributed by atoms with Gasteiger partial charge in [-0.25, -0.2) is 0 Å². The molecule has 3 rings (SSSR count). The van der Waals surface area contributed by atoms with E-state index in [9.17, 15) is 0 Å². The Balaban J connectivity index is 2.32. The summed E-state index contributed by atoms with van der Waals surface area (Å²) >= 11 is 0. The lowest BCUT2D eigenvalue weighted by molar-refractivity contribution is 0.342. The molecule has 0 atom stereocenters. The summed E-state index contributed by atoms with van der Waals surface area (Å²) in [5, 5.41) is 4.55. The van der Waals surface area contributed by atoms with Gasteiger partial charge in [0, 0.05) is 21.5 Å². The van der Waals surface area contributed by atoms with Gasteiger partial charge in [-0.2, -0.15) is 0 Å². The van der Waals surface area contributed by atoms with Crippen molar-refractivity contribution in [3.63, 3.8) is 0 Å². The molecule has 0 saturated carbocycles. The fourth-order valence-corrected chi connectivity index (χ4v) is 3.28. The first-order chi connectivity index (χ1) is 11.8. The van der Waals surface area contributed by atoms with Gasteiger partial charge in [-0.05, 0) is 38.3 Å². The molecule has 0 N–H and O–H groups in total. The molecular formula is C22H26O2. The van der Waals surface area contributed by atoms with Gasteiger partial charge in [0.2, 0.25) is 0 Å². The van der Waals surface area contributed by atoms with Crippen molar-refractivity contribution in [3.05, 3.63) is 48.0 Å². The first-order valence-electron chi connectivity index (χ1n) is 9.03. The molecule has 126 valence electrons. The average Bonchev–Trinajstić information content (AvgIpc) is 2.62. The second kappa shape index (κ2) is 7.57. The Morgan fingerprint density at radius 2 is 1.29 bits per heavy atom. The summed E-state index contributed by atoms with van der Waals surface area (Å²) in [6.07, 6.45) is 3.52. The highest BCUT2D eigenvalue weighted by atomic mass is 16.5.